The van der Waals surface area contributed by atoms with Gasteiger partial charge in [0.05, 0.1) is 6.61 Å². The summed E-state index contributed by atoms with van der Waals surface area (Å²) in [5, 5.41) is 8.88. The van der Waals surface area contributed by atoms with Gasteiger partial charge in [0.1, 0.15) is 0 Å². The van der Waals surface area contributed by atoms with Crippen molar-refractivity contribution in [3.05, 3.63) is 35.4 Å². The molecule has 0 saturated heterocycles. The van der Waals surface area contributed by atoms with Crippen molar-refractivity contribution in [2.45, 2.75) is 20.0 Å². The third-order valence-electron chi connectivity index (χ3n) is 2.50. The van der Waals surface area contributed by atoms with Gasteiger partial charge in [0.15, 0.2) is 0 Å². The molecule has 3 nitrogen and oxygen atoms in total. The Bertz CT molecular complexity index is 289. The van der Waals surface area contributed by atoms with Crippen molar-refractivity contribution in [2.24, 2.45) is 5.73 Å². The van der Waals surface area contributed by atoms with E-state index in [4.69, 9.17) is 10.8 Å². The molecule has 0 unspecified atom stereocenters. The van der Waals surface area contributed by atoms with Crippen LogP contribution < -0.4 is 5.73 Å². The first-order valence-electron chi connectivity index (χ1n) is 5.41. The molecule has 1 aromatic carbocycles. The summed E-state index contributed by atoms with van der Waals surface area (Å²) < 4.78 is 0. The van der Waals surface area contributed by atoms with Crippen LogP contribution in [0.1, 0.15) is 18.1 Å². The van der Waals surface area contributed by atoms with Crippen molar-refractivity contribution in [1.82, 2.24) is 4.90 Å². The molecule has 0 spiro atoms. The molecule has 0 fully saturated rings. The van der Waals surface area contributed by atoms with E-state index in [1.54, 1.807) is 0 Å². The summed E-state index contributed by atoms with van der Waals surface area (Å²) >= 11 is 0. The minimum atomic E-state index is 0.213. The van der Waals surface area contributed by atoms with Gasteiger partial charge in [-0.3, -0.25) is 4.90 Å². The van der Waals surface area contributed by atoms with E-state index in [1.165, 1.54) is 5.56 Å². The first-order valence-corrected chi connectivity index (χ1v) is 5.41. The van der Waals surface area contributed by atoms with Crippen LogP contribution >= 0.6 is 0 Å². The lowest BCUT2D eigenvalue weighted by Gasteiger charge is -2.19. The highest BCUT2D eigenvalue weighted by Gasteiger charge is 2.02. The molecule has 1 rings (SSSR count). The maximum Gasteiger partial charge on any atom is 0.0558 e. The summed E-state index contributed by atoms with van der Waals surface area (Å²) in [7, 11) is 0. The third kappa shape index (κ3) is 4.00. The maximum absolute atomic E-state index is 8.88. The molecule has 3 N–H and O–H groups in total. The molecule has 0 radical (unpaired) electrons. The number of rotatable bonds is 6. The summed E-state index contributed by atoms with van der Waals surface area (Å²) in [6.07, 6.45) is 0. The van der Waals surface area contributed by atoms with Crippen molar-refractivity contribution < 1.29 is 5.11 Å². The largest absolute Gasteiger partial charge is 0.395 e. The van der Waals surface area contributed by atoms with Gasteiger partial charge in [0.2, 0.25) is 0 Å². The van der Waals surface area contributed by atoms with Gasteiger partial charge in [0, 0.05) is 19.6 Å². The average Bonchev–Trinajstić information content (AvgIpc) is 2.29. The molecule has 1 aromatic rings. The normalized spacial score (nSPS) is 10.9. The molecule has 0 saturated carbocycles. The van der Waals surface area contributed by atoms with E-state index in [1.807, 2.05) is 12.1 Å². The Morgan fingerprint density at radius 1 is 1.33 bits per heavy atom. The molecule has 0 aromatic heterocycles. The first-order chi connectivity index (χ1) is 7.30. The van der Waals surface area contributed by atoms with Crippen LogP contribution in [0, 0.1) is 0 Å². The smallest absolute Gasteiger partial charge is 0.0558 e. The first kappa shape index (κ1) is 12.2. The van der Waals surface area contributed by atoms with Crippen LogP contribution in [-0.4, -0.2) is 29.7 Å². The molecular formula is C12H20N2O. The van der Waals surface area contributed by atoms with Crippen LogP contribution in [0.5, 0.6) is 0 Å². The average molecular weight is 208 g/mol. The minimum absolute atomic E-state index is 0.213. The van der Waals surface area contributed by atoms with E-state index in [0.717, 1.165) is 25.2 Å². The Morgan fingerprint density at radius 2 is 2.07 bits per heavy atom. The number of likely N-dealkylation sites (N-methyl/N-ethyl adjacent to an activating group) is 1. The molecule has 0 aliphatic carbocycles. The highest BCUT2D eigenvalue weighted by Crippen LogP contribution is 2.07. The van der Waals surface area contributed by atoms with Crippen LogP contribution in [-0.2, 0) is 13.1 Å². The van der Waals surface area contributed by atoms with Gasteiger partial charge in [-0.1, -0.05) is 31.2 Å². The molecular weight excluding hydrogens is 188 g/mol. The van der Waals surface area contributed by atoms with Crippen LogP contribution in [0.3, 0.4) is 0 Å². The fourth-order valence-corrected chi connectivity index (χ4v) is 1.60. The van der Waals surface area contributed by atoms with Crippen molar-refractivity contribution in [3.8, 4) is 0 Å². The summed E-state index contributed by atoms with van der Waals surface area (Å²) in [4.78, 5) is 2.20. The van der Waals surface area contributed by atoms with Gasteiger partial charge in [-0.2, -0.15) is 0 Å². The maximum atomic E-state index is 8.88. The van der Waals surface area contributed by atoms with Crippen LogP contribution in [0.4, 0.5) is 0 Å². The second kappa shape index (κ2) is 6.56. The Morgan fingerprint density at radius 3 is 2.67 bits per heavy atom. The molecule has 0 bridgehead atoms. The molecule has 3 heteroatoms. The molecule has 0 aliphatic rings. The lowest BCUT2D eigenvalue weighted by atomic mass is 10.1. The monoisotopic (exact) mass is 208 g/mol. The van der Waals surface area contributed by atoms with E-state index in [0.29, 0.717) is 6.54 Å². The predicted molar refractivity (Wildman–Crippen MR) is 62.4 cm³/mol. The highest BCUT2D eigenvalue weighted by atomic mass is 16.3. The zero-order chi connectivity index (χ0) is 11.1. The Kier molecular flexibility index (Phi) is 5.32. The zero-order valence-electron chi connectivity index (χ0n) is 9.32. The van der Waals surface area contributed by atoms with E-state index in [2.05, 4.69) is 24.0 Å². The number of nitrogens with two attached hydrogens (primary N) is 1. The van der Waals surface area contributed by atoms with Gasteiger partial charge < -0.3 is 10.8 Å². The summed E-state index contributed by atoms with van der Waals surface area (Å²) in [5.41, 5.74) is 8.00. The van der Waals surface area contributed by atoms with Crippen LogP contribution in [0.25, 0.3) is 0 Å². The molecule has 84 valence electrons. The molecule has 0 atom stereocenters. The van der Waals surface area contributed by atoms with Gasteiger partial charge >= 0.3 is 0 Å². The second-order valence-corrected chi connectivity index (χ2v) is 3.62. The number of hydrogen-bond donors (Lipinski definition) is 2. The van der Waals surface area contributed by atoms with Crippen molar-refractivity contribution in [3.63, 3.8) is 0 Å². The van der Waals surface area contributed by atoms with Gasteiger partial charge in [0.25, 0.3) is 0 Å². The van der Waals surface area contributed by atoms with Crippen LogP contribution in [0.2, 0.25) is 0 Å². The molecule has 0 amide bonds. The topological polar surface area (TPSA) is 49.5 Å². The summed E-state index contributed by atoms with van der Waals surface area (Å²) in [6.45, 7) is 5.45. The lowest BCUT2D eigenvalue weighted by Crippen LogP contribution is -2.26. The van der Waals surface area contributed by atoms with Crippen molar-refractivity contribution in [2.75, 3.05) is 19.7 Å². The zero-order valence-corrected chi connectivity index (χ0v) is 9.32. The number of benzene rings is 1. The van der Waals surface area contributed by atoms with Gasteiger partial charge in [-0.15, -0.1) is 0 Å². The number of aliphatic hydroxyl groups excluding tert-OH is 1. The fourth-order valence-electron chi connectivity index (χ4n) is 1.60. The van der Waals surface area contributed by atoms with Crippen molar-refractivity contribution in [1.29, 1.82) is 0 Å². The van der Waals surface area contributed by atoms with E-state index >= 15 is 0 Å². The van der Waals surface area contributed by atoms with E-state index in [-0.39, 0.29) is 6.61 Å². The standard InChI is InChI=1S/C12H20N2O/c1-2-14(6-7-15)10-12-5-3-4-11(8-12)9-13/h3-5,8,15H,2,6-7,9-10,13H2,1H3. The Labute approximate surface area is 91.5 Å². The second-order valence-electron chi connectivity index (χ2n) is 3.62. The SMILES string of the molecule is CCN(CCO)Cc1cccc(CN)c1. The highest BCUT2D eigenvalue weighted by molar-refractivity contribution is 5.23. The summed E-state index contributed by atoms with van der Waals surface area (Å²) in [5.74, 6) is 0. The summed E-state index contributed by atoms with van der Waals surface area (Å²) in [6, 6.07) is 8.29. The van der Waals surface area contributed by atoms with Gasteiger partial charge in [-0.05, 0) is 17.7 Å². The van der Waals surface area contributed by atoms with E-state index < -0.39 is 0 Å². The molecule has 0 aliphatic heterocycles. The number of hydrogen-bond acceptors (Lipinski definition) is 3. The Balaban J connectivity index is 2.61. The fraction of sp³-hybridized carbons (Fsp3) is 0.500. The Hall–Kier alpha value is -0.900. The minimum Gasteiger partial charge on any atom is -0.395 e. The van der Waals surface area contributed by atoms with E-state index in [9.17, 15) is 0 Å². The molecule has 0 heterocycles. The lowest BCUT2D eigenvalue weighted by molar-refractivity contribution is 0.197. The van der Waals surface area contributed by atoms with Crippen molar-refractivity contribution >= 4 is 0 Å². The number of aliphatic hydroxyl groups is 1. The number of nitrogens with zero attached hydrogens (tertiary/aromatic N) is 1. The van der Waals surface area contributed by atoms with Gasteiger partial charge in [-0.25, -0.2) is 0 Å². The predicted octanol–water partition coefficient (Wildman–Crippen LogP) is 0.960. The third-order valence-corrected chi connectivity index (χ3v) is 2.50. The van der Waals surface area contributed by atoms with Crippen LogP contribution in [0.15, 0.2) is 24.3 Å². The molecule has 15 heavy (non-hydrogen) atoms. The quantitative estimate of drug-likeness (QED) is 0.732.